The van der Waals surface area contributed by atoms with Crippen LogP contribution in [-0.2, 0) is 0 Å². The summed E-state index contributed by atoms with van der Waals surface area (Å²) >= 11 is 0. The minimum Gasteiger partial charge on any atom is -0.478 e. The van der Waals surface area contributed by atoms with Crippen LogP contribution in [0.25, 0.3) is 0 Å². The van der Waals surface area contributed by atoms with Gasteiger partial charge in [-0.05, 0) is 33.7 Å². The summed E-state index contributed by atoms with van der Waals surface area (Å²) in [6, 6.07) is 2.37. The Morgan fingerprint density at radius 2 is 2.28 bits per heavy atom. The molecule has 0 spiro atoms. The Kier molecular flexibility index (Phi) is 4.36. The van der Waals surface area contributed by atoms with Gasteiger partial charge in [0.15, 0.2) is 0 Å². The first-order valence-electron chi connectivity index (χ1n) is 6.70. The fraction of sp³-hybridized carbons (Fsp3) is 0.692. The van der Waals surface area contributed by atoms with E-state index in [1.807, 2.05) is 19.9 Å². The molecule has 1 saturated heterocycles. The first-order chi connectivity index (χ1) is 8.74. The van der Waals surface area contributed by atoms with Gasteiger partial charge in [0.2, 0.25) is 11.8 Å². The fourth-order valence-electron chi connectivity index (χ4n) is 2.34. The molecule has 0 amide bonds. The molecule has 1 aliphatic heterocycles. The molecule has 18 heavy (non-hydrogen) atoms. The van der Waals surface area contributed by atoms with Gasteiger partial charge in [0, 0.05) is 30.9 Å². The van der Waals surface area contributed by atoms with Crippen molar-refractivity contribution in [3.05, 3.63) is 11.8 Å². The molecule has 0 aliphatic carbocycles. The lowest BCUT2D eigenvalue weighted by Gasteiger charge is -2.27. The molecule has 2 rings (SSSR count). The molecular formula is C13H22N4O. The van der Waals surface area contributed by atoms with Gasteiger partial charge in [0.1, 0.15) is 0 Å². The third kappa shape index (κ3) is 2.90. The Labute approximate surface area is 109 Å². The summed E-state index contributed by atoms with van der Waals surface area (Å²) in [4.78, 5) is 11.3. The van der Waals surface area contributed by atoms with Crippen molar-refractivity contribution in [2.45, 2.75) is 33.2 Å². The summed E-state index contributed by atoms with van der Waals surface area (Å²) in [5.74, 6) is 1.46. The normalized spacial score (nSPS) is 18.9. The minimum atomic E-state index is 0.492. The van der Waals surface area contributed by atoms with Gasteiger partial charge >= 0.3 is 0 Å². The predicted molar refractivity (Wildman–Crippen MR) is 72.2 cm³/mol. The molecule has 1 N–H and O–H groups in total. The molecular weight excluding hydrogens is 228 g/mol. The van der Waals surface area contributed by atoms with Gasteiger partial charge in [-0.15, -0.1) is 0 Å². The molecule has 0 saturated carbocycles. The molecule has 1 aromatic heterocycles. The van der Waals surface area contributed by atoms with E-state index in [-0.39, 0.29) is 0 Å². The second-order valence-corrected chi connectivity index (χ2v) is 4.51. The number of hydrogen-bond acceptors (Lipinski definition) is 5. The van der Waals surface area contributed by atoms with Crippen LogP contribution in [0.3, 0.4) is 0 Å². The van der Waals surface area contributed by atoms with Crippen molar-refractivity contribution in [3.63, 3.8) is 0 Å². The summed E-state index contributed by atoms with van der Waals surface area (Å²) in [7, 11) is 0. The Balaban J connectivity index is 2.23. The number of ether oxygens (including phenoxy) is 1. The number of aryl methyl sites for hydroxylation is 1. The molecule has 1 aliphatic rings. The lowest BCUT2D eigenvalue weighted by molar-refractivity contribution is 0.325. The average Bonchev–Trinajstić information content (AvgIpc) is 2.83. The lowest BCUT2D eigenvalue weighted by Crippen LogP contribution is -2.38. The first kappa shape index (κ1) is 13.1. The van der Waals surface area contributed by atoms with Crippen LogP contribution in [0.4, 0.5) is 5.95 Å². The van der Waals surface area contributed by atoms with Crippen LogP contribution in [0.1, 0.15) is 26.0 Å². The van der Waals surface area contributed by atoms with E-state index in [0.717, 1.165) is 37.7 Å². The molecule has 1 aromatic rings. The minimum absolute atomic E-state index is 0.492. The zero-order chi connectivity index (χ0) is 13.0. The van der Waals surface area contributed by atoms with Gasteiger partial charge in [-0.25, -0.2) is 4.98 Å². The SMILES string of the molecule is CCOc1cc(C)nc(N(CC)C2CCNC2)n1. The van der Waals surface area contributed by atoms with Crippen molar-refractivity contribution in [3.8, 4) is 5.88 Å². The smallest absolute Gasteiger partial charge is 0.229 e. The largest absolute Gasteiger partial charge is 0.478 e. The Morgan fingerprint density at radius 1 is 1.44 bits per heavy atom. The summed E-state index contributed by atoms with van der Waals surface area (Å²) in [6.07, 6.45) is 1.15. The predicted octanol–water partition coefficient (Wildman–Crippen LogP) is 1.37. The highest BCUT2D eigenvalue weighted by molar-refractivity contribution is 5.36. The molecule has 5 nitrogen and oxygen atoms in total. The highest BCUT2D eigenvalue weighted by Crippen LogP contribution is 2.19. The van der Waals surface area contributed by atoms with Gasteiger partial charge in [-0.1, -0.05) is 0 Å². The van der Waals surface area contributed by atoms with E-state index < -0.39 is 0 Å². The average molecular weight is 250 g/mol. The molecule has 0 bridgehead atoms. The molecule has 1 unspecified atom stereocenters. The molecule has 100 valence electrons. The third-order valence-corrected chi connectivity index (χ3v) is 3.18. The summed E-state index contributed by atoms with van der Waals surface area (Å²) in [5, 5.41) is 3.38. The maximum Gasteiger partial charge on any atom is 0.229 e. The highest BCUT2D eigenvalue weighted by atomic mass is 16.5. The number of hydrogen-bond donors (Lipinski definition) is 1. The molecule has 1 fully saturated rings. The summed E-state index contributed by atoms with van der Waals surface area (Å²) in [5.41, 5.74) is 0.952. The van der Waals surface area contributed by atoms with Crippen LogP contribution >= 0.6 is 0 Å². The lowest BCUT2D eigenvalue weighted by atomic mass is 10.2. The Bertz CT molecular complexity index is 391. The monoisotopic (exact) mass is 250 g/mol. The van der Waals surface area contributed by atoms with Gasteiger partial charge < -0.3 is 15.0 Å². The number of anilines is 1. The number of nitrogens with zero attached hydrogens (tertiary/aromatic N) is 3. The Morgan fingerprint density at radius 3 is 2.89 bits per heavy atom. The van der Waals surface area contributed by atoms with E-state index in [1.54, 1.807) is 0 Å². The van der Waals surface area contributed by atoms with Crippen LogP contribution in [-0.4, -0.2) is 42.3 Å². The second kappa shape index (κ2) is 6.00. The van der Waals surface area contributed by atoms with Gasteiger partial charge in [-0.3, -0.25) is 0 Å². The highest BCUT2D eigenvalue weighted by Gasteiger charge is 2.23. The van der Waals surface area contributed by atoms with Crippen molar-refractivity contribution < 1.29 is 4.74 Å². The van der Waals surface area contributed by atoms with Crippen LogP contribution < -0.4 is 15.0 Å². The second-order valence-electron chi connectivity index (χ2n) is 4.51. The van der Waals surface area contributed by atoms with E-state index in [9.17, 15) is 0 Å². The number of nitrogens with one attached hydrogen (secondary N) is 1. The van der Waals surface area contributed by atoms with E-state index in [1.165, 1.54) is 0 Å². The summed E-state index contributed by atoms with van der Waals surface area (Å²) in [6.45, 7) is 9.73. The zero-order valence-corrected chi connectivity index (χ0v) is 11.4. The van der Waals surface area contributed by atoms with E-state index >= 15 is 0 Å². The number of aromatic nitrogens is 2. The van der Waals surface area contributed by atoms with Gasteiger partial charge in [-0.2, -0.15) is 4.98 Å². The topological polar surface area (TPSA) is 50.3 Å². The zero-order valence-electron chi connectivity index (χ0n) is 11.4. The van der Waals surface area contributed by atoms with Crippen molar-refractivity contribution in [2.75, 3.05) is 31.1 Å². The van der Waals surface area contributed by atoms with Crippen LogP contribution in [0.2, 0.25) is 0 Å². The number of rotatable bonds is 5. The van der Waals surface area contributed by atoms with Crippen LogP contribution in [0.15, 0.2) is 6.07 Å². The summed E-state index contributed by atoms with van der Waals surface area (Å²) < 4.78 is 5.49. The van der Waals surface area contributed by atoms with Crippen molar-refractivity contribution in [2.24, 2.45) is 0 Å². The molecule has 2 heterocycles. The molecule has 5 heteroatoms. The first-order valence-corrected chi connectivity index (χ1v) is 6.70. The third-order valence-electron chi connectivity index (χ3n) is 3.18. The standard InChI is InChI=1S/C13H22N4O/c1-4-17(11-6-7-14-9-11)13-15-10(3)8-12(16-13)18-5-2/h8,11,14H,4-7,9H2,1-3H3. The van der Waals surface area contributed by atoms with Gasteiger partial charge in [0.25, 0.3) is 0 Å². The van der Waals surface area contributed by atoms with Crippen LogP contribution in [0, 0.1) is 6.92 Å². The maximum atomic E-state index is 5.49. The van der Waals surface area contributed by atoms with E-state index in [0.29, 0.717) is 18.5 Å². The van der Waals surface area contributed by atoms with Gasteiger partial charge in [0.05, 0.1) is 6.61 Å². The fourth-order valence-corrected chi connectivity index (χ4v) is 2.34. The number of likely N-dealkylation sites (N-methyl/N-ethyl adjacent to an activating group) is 1. The quantitative estimate of drug-likeness (QED) is 0.855. The van der Waals surface area contributed by atoms with E-state index in [4.69, 9.17) is 4.74 Å². The molecule has 0 aromatic carbocycles. The molecule has 1 atom stereocenters. The van der Waals surface area contributed by atoms with Crippen molar-refractivity contribution in [1.82, 2.24) is 15.3 Å². The van der Waals surface area contributed by atoms with Crippen molar-refractivity contribution in [1.29, 1.82) is 0 Å². The maximum absolute atomic E-state index is 5.49. The van der Waals surface area contributed by atoms with E-state index in [2.05, 4.69) is 27.1 Å². The molecule has 0 radical (unpaired) electrons. The van der Waals surface area contributed by atoms with Crippen LogP contribution in [0.5, 0.6) is 5.88 Å². The Hall–Kier alpha value is -1.36. The van der Waals surface area contributed by atoms with Crippen molar-refractivity contribution >= 4 is 5.95 Å².